The molecule has 0 aromatic rings. The molecule has 0 aromatic heterocycles. The standard InChI is InChI=1S/C20H34O/c1-2-15-3-5-16(6-4-15)17-7-9-18(10-8-17)19-11-13-20(21)14-12-19/h2,15-21H,1,3-14H2. The van der Waals surface area contributed by atoms with Gasteiger partial charge in [0.05, 0.1) is 6.10 Å². The molecule has 3 aliphatic carbocycles. The summed E-state index contributed by atoms with van der Waals surface area (Å²) in [7, 11) is 0. The van der Waals surface area contributed by atoms with Crippen LogP contribution < -0.4 is 0 Å². The molecule has 1 heteroatoms. The highest BCUT2D eigenvalue weighted by molar-refractivity contribution is 4.88. The molecule has 0 aromatic carbocycles. The lowest BCUT2D eigenvalue weighted by molar-refractivity contribution is 0.0678. The van der Waals surface area contributed by atoms with Gasteiger partial charge in [0, 0.05) is 0 Å². The molecule has 0 heterocycles. The first-order chi connectivity index (χ1) is 10.3. The van der Waals surface area contributed by atoms with E-state index < -0.39 is 0 Å². The molecule has 3 fully saturated rings. The minimum Gasteiger partial charge on any atom is -0.393 e. The van der Waals surface area contributed by atoms with E-state index >= 15 is 0 Å². The summed E-state index contributed by atoms with van der Waals surface area (Å²) in [4.78, 5) is 0. The zero-order chi connectivity index (χ0) is 14.7. The van der Waals surface area contributed by atoms with E-state index in [1.807, 2.05) is 0 Å². The van der Waals surface area contributed by atoms with Crippen molar-refractivity contribution in [2.75, 3.05) is 0 Å². The largest absolute Gasteiger partial charge is 0.393 e. The van der Waals surface area contributed by atoms with Crippen molar-refractivity contribution in [3.8, 4) is 0 Å². The van der Waals surface area contributed by atoms with Crippen LogP contribution in [0, 0.1) is 29.6 Å². The average molecular weight is 290 g/mol. The molecule has 21 heavy (non-hydrogen) atoms. The first-order valence-corrected chi connectivity index (χ1v) is 9.57. The van der Waals surface area contributed by atoms with Crippen LogP contribution in [0.25, 0.3) is 0 Å². The van der Waals surface area contributed by atoms with Gasteiger partial charge in [0.2, 0.25) is 0 Å². The van der Waals surface area contributed by atoms with Gasteiger partial charge in [-0.25, -0.2) is 0 Å². The first kappa shape index (κ1) is 15.6. The summed E-state index contributed by atoms with van der Waals surface area (Å²) >= 11 is 0. The number of hydrogen-bond donors (Lipinski definition) is 1. The average Bonchev–Trinajstić information content (AvgIpc) is 2.56. The maximum absolute atomic E-state index is 9.67. The molecular weight excluding hydrogens is 256 g/mol. The summed E-state index contributed by atoms with van der Waals surface area (Å²) in [5.74, 6) is 4.78. The van der Waals surface area contributed by atoms with E-state index in [2.05, 4.69) is 12.7 Å². The Kier molecular flexibility index (Phi) is 5.43. The fourth-order valence-electron chi connectivity index (χ4n) is 5.51. The van der Waals surface area contributed by atoms with E-state index in [4.69, 9.17) is 0 Å². The van der Waals surface area contributed by atoms with Crippen LogP contribution in [0.15, 0.2) is 12.7 Å². The molecule has 0 bridgehead atoms. The highest BCUT2D eigenvalue weighted by atomic mass is 16.3. The van der Waals surface area contributed by atoms with Crippen molar-refractivity contribution in [3.05, 3.63) is 12.7 Å². The predicted molar refractivity (Wildman–Crippen MR) is 89.1 cm³/mol. The molecule has 0 unspecified atom stereocenters. The highest BCUT2D eigenvalue weighted by Gasteiger charge is 2.34. The van der Waals surface area contributed by atoms with E-state index in [-0.39, 0.29) is 6.10 Å². The summed E-state index contributed by atoms with van der Waals surface area (Å²) in [6.07, 6.45) is 18.6. The van der Waals surface area contributed by atoms with Gasteiger partial charge in [0.15, 0.2) is 0 Å². The van der Waals surface area contributed by atoms with Crippen LogP contribution in [0.2, 0.25) is 0 Å². The number of rotatable bonds is 3. The van der Waals surface area contributed by atoms with Crippen molar-refractivity contribution in [1.29, 1.82) is 0 Å². The van der Waals surface area contributed by atoms with Crippen LogP contribution in [0.5, 0.6) is 0 Å². The van der Waals surface area contributed by atoms with Crippen molar-refractivity contribution in [1.82, 2.24) is 0 Å². The molecular formula is C20H34O. The number of hydrogen-bond acceptors (Lipinski definition) is 1. The molecule has 1 nitrogen and oxygen atoms in total. The Hall–Kier alpha value is -0.300. The molecule has 3 saturated carbocycles. The highest BCUT2D eigenvalue weighted by Crippen LogP contribution is 2.45. The van der Waals surface area contributed by atoms with E-state index in [9.17, 15) is 5.11 Å². The summed E-state index contributed by atoms with van der Waals surface area (Å²) in [5, 5.41) is 9.67. The van der Waals surface area contributed by atoms with Crippen LogP contribution in [-0.2, 0) is 0 Å². The lowest BCUT2D eigenvalue weighted by atomic mass is 9.65. The molecule has 3 rings (SSSR count). The smallest absolute Gasteiger partial charge is 0.0540 e. The number of allylic oxidation sites excluding steroid dienone is 1. The minimum absolute atomic E-state index is 0.0117. The third kappa shape index (κ3) is 3.92. The van der Waals surface area contributed by atoms with Crippen LogP contribution in [0.3, 0.4) is 0 Å². The Labute approximate surface area is 131 Å². The molecule has 120 valence electrons. The van der Waals surface area contributed by atoms with Gasteiger partial charge in [-0.2, -0.15) is 0 Å². The number of aliphatic hydroxyl groups excluding tert-OH is 1. The molecule has 0 amide bonds. The van der Waals surface area contributed by atoms with Gasteiger partial charge >= 0.3 is 0 Å². The van der Waals surface area contributed by atoms with Crippen LogP contribution in [0.1, 0.15) is 77.0 Å². The lowest BCUT2D eigenvalue weighted by Gasteiger charge is -2.40. The second-order valence-corrected chi connectivity index (χ2v) is 8.15. The van der Waals surface area contributed by atoms with Gasteiger partial charge in [-0.15, -0.1) is 6.58 Å². The quantitative estimate of drug-likeness (QED) is 0.696. The Balaban J connectivity index is 1.42. The molecule has 3 aliphatic rings. The van der Waals surface area contributed by atoms with E-state index in [1.54, 1.807) is 0 Å². The van der Waals surface area contributed by atoms with Gasteiger partial charge < -0.3 is 5.11 Å². The minimum atomic E-state index is 0.0117. The van der Waals surface area contributed by atoms with Gasteiger partial charge in [0.25, 0.3) is 0 Å². The lowest BCUT2D eigenvalue weighted by Crippen LogP contribution is -2.30. The Morgan fingerprint density at radius 3 is 1.29 bits per heavy atom. The van der Waals surface area contributed by atoms with Crippen LogP contribution >= 0.6 is 0 Å². The van der Waals surface area contributed by atoms with E-state index in [0.717, 1.165) is 42.4 Å². The number of aliphatic hydroxyl groups is 1. The summed E-state index contributed by atoms with van der Waals surface area (Å²) in [5.41, 5.74) is 0. The Morgan fingerprint density at radius 1 is 0.571 bits per heavy atom. The third-order valence-electron chi connectivity index (χ3n) is 7.04. The molecule has 0 aliphatic heterocycles. The normalized spacial score (nSPS) is 45.2. The SMILES string of the molecule is C=CC1CCC(C2CCC(C3CCC(O)CC3)CC2)CC1. The van der Waals surface area contributed by atoms with Crippen molar-refractivity contribution in [2.45, 2.75) is 83.2 Å². The van der Waals surface area contributed by atoms with Gasteiger partial charge in [-0.1, -0.05) is 6.08 Å². The van der Waals surface area contributed by atoms with E-state index in [0.29, 0.717) is 0 Å². The fraction of sp³-hybridized carbons (Fsp3) is 0.900. The molecule has 0 atom stereocenters. The molecule has 1 N–H and O–H groups in total. The van der Waals surface area contributed by atoms with Crippen molar-refractivity contribution in [2.24, 2.45) is 29.6 Å². The van der Waals surface area contributed by atoms with Gasteiger partial charge in [0.1, 0.15) is 0 Å². The summed E-state index contributed by atoms with van der Waals surface area (Å²) in [6, 6.07) is 0. The monoisotopic (exact) mass is 290 g/mol. The fourth-order valence-corrected chi connectivity index (χ4v) is 5.51. The van der Waals surface area contributed by atoms with Crippen molar-refractivity contribution < 1.29 is 5.11 Å². The summed E-state index contributed by atoms with van der Waals surface area (Å²) < 4.78 is 0. The molecule has 0 radical (unpaired) electrons. The zero-order valence-corrected chi connectivity index (χ0v) is 13.7. The maximum atomic E-state index is 9.67. The van der Waals surface area contributed by atoms with Crippen LogP contribution in [-0.4, -0.2) is 11.2 Å². The third-order valence-corrected chi connectivity index (χ3v) is 7.04. The topological polar surface area (TPSA) is 20.2 Å². The van der Waals surface area contributed by atoms with Gasteiger partial charge in [-0.05, 0) is 107 Å². The van der Waals surface area contributed by atoms with Gasteiger partial charge in [-0.3, -0.25) is 0 Å². The van der Waals surface area contributed by atoms with E-state index in [1.165, 1.54) is 64.2 Å². The zero-order valence-electron chi connectivity index (χ0n) is 13.7. The van der Waals surface area contributed by atoms with Crippen molar-refractivity contribution >= 4 is 0 Å². The van der Waals surface area contributed by atoms with Crippen molar-refractivity contribution in [3.63, 3.8) is 0 Å². The Bertz CT molecular complexity index is 313. The second-order valence-electron chi connectivity index (χ2n) is 8.15. The Morgan fingerprint density at radius 2 is 0.905 bits per heavy atom. The predicted octanol–water partition coefficient (Wildman–Crippen LogP) is 5.34. The first-order valence-electron chi connectivity index (χ1n) is 9.57. The van der Waals surface area contributed by atoms with Crippen LogP contribution in [0.4, 0.5) is 0 Å². The second kappa shape index (κ2) is 7.31. The summed E-state index contributed by atoms with van der Waals surface area (Å²) in [6.45, 7) is 3.97. The molecule has 0 spiro atoms. The molecule has 0 saturated heterocycles. The maximum Gasteiger partial charge on any atom is 0.0540 e.